The fourth-order valence-electron chi connectivity index (χ4n) is 2.92. The van der Waals surface area contributed by atoms with Crippen LogP contribution in [0.3, 0.4) is 0 Å². The lowest BCUT2D eigenvalue weighted by atomic mass is 9.87. The average Bonchev–Trinajstić information content (AvgIpc) is 3.03. The fraction of sp³-hybridized carbons (Fsp3) is 0.364. The van der Waals surface area contributed by atoms with Crippen molar-refractivity contribution in [1.29, 1.82) is 0 Å². The highest BCUT2D eigenvalue weighted by Crippen LogP contribution is 2.28. The monoisotopic (exact) mass is 429 g/mol. The molecular formula is C22H27N3O2S2. The van der Waals surface area contributed by atoms with Crippen LogP contribution in [0.4, 0.5) is 0 Å². The van der Waals surface area contributed by atoms with Crippen LogP contribution < -0.4 is 0 Å². The number of aromatic nitrogens is 3. The lowest BCUT2D eigenvalue weighted by Gasteiger charge is -2.19. The van der Waals surface area contributed by atoms with E-state index in [0.29, 0.717) is 12.3 Å². The molecule has 0 fully saturated rings. The molecule has 0 N–H and O–H groups in total. The molecule has 2 aromatic carbocycles. The molecule has 0 amide bonds. The first kappa shape index (κ1) is 21.6. The summed E-state index contributed by atoms with van der Waals surface area (Å²) in [6, 6.07) is 18.6. The van der Waals surface area contributed by atoms with Gasteiger partial charge in [0.15, 0.2) is 11.0 Å². The van der Waals surface area contributed by atoms with Gasteiger partial charge in [-0.05, 0) is 16.5 Å². The van der Waals surface area contributed by atoms with E-state index in [1.54, 1.807) is 0 Å². The molecule has 0 unspecified atom stereocenters. The second kappa shape index (κ2) is 8.71. The molecule has 0 aliphatic carbocycles. The molecule has 3 aromatic rings. The zero-order valence-electron chi connectivity index (χ0n) is 17.3. The third kappa shape index (κ3) is 5.93. The summed E-state index contributed by atoms with van der Waals surface area (Å²) in [5, 5.41) is 9.52. The Bertz CT molecular complexity index is 1050. The first-order valence-corrected chi connectivity index (χ1v) is 12.6. The maximum Gasteiger partial charge on any atom is 0.191 e. The maximum absolute atomic E-state index is 11.5. The molecule has 154 valence electrons. The molecule has 29 heavy (non-hydrogen) atoms. The predicted molar refractivity (Wildman–Crippen MR) is 120 cm³/mol. The molecular weight excluding hydrogens is 402 g/mol. The number of hydrogen-bond acceptors (Lipinski definition) is 5. The molecule has 0 radical (unpaired) electrons. The molecule has 0 spiro atoms. The van der Waals surface area contributed by atoms with Gasteiger partial charge in [0, 0.05) is 17.6 Å². The molecule has 0 bridgehead atoms. The van der Waals surface area contributed by atoms with E-state index < -0.39 is 9.84 Å². The van der Waals surface area contributed by atoms with E-state index in [9.17, 15) is 8.42 Å². The number of thioether (sulfide) groups is 1. The van der Waals surface area contributed by atoms with Crippen molar-refractivity contribution in [3.63, 3.8) is 0 Å². The van der Waals surface area contributed by atoms with Gasteiger partial charge in [0.1, 0.15) is 9.84 Å². The van der Waals surface area contributed by atoms with Crippen LogP contribution in [-0.2, 0) is 21.8 Å². The van der Waals surface area contributed by atoms with E-state index in [0.717, 1.165) is 22.1 Å². The minimum Gasteiger partial charge on any atom is -0.298 e. The molecule has 0 saturated heterocycles. The van der Waals surface area contributed by atoms with E-state index in [4.69, 9.17) is 0 Å². The van der Waals surface area contributed by atoms with Crippen molar-refractivity contribution >= 4 is 21.6 Å². The van der Waals surface area contributed by atoms with Crippen LogP contribution in [0.25, 0.3) is 11.4 Å². The van der Waals surface area contributed by atoms with Gasteiger partial charge in [0.25, 0.3) is 0 Å². The van der Waals surface area contributed by atoms with Crippen molar-refractivity contribution in [2.24, 2.45) is 0 Å². The number of benzene rings is 2. The number of rotatable bonds is 7. The zero-order chi connectivity index (χ0) is 21.1. The van der Waals surface area contributed by atoms with Crippen LogP contribution in [0.2, 0.25) is 0 Å². The van der Waals surface area contributed by atoms with E-state index in [-0.39, 0.29) is 11.2 Å². The number of sulfone groups is 1. The molecule has 0 aliphatic rings. The van der Waals surface area contributed by atoms with Gasteiger partial charge in [0.05, 0.1) is 12.3 Å². The summed E-state index contributed by atoms with van der Waals surface area (Å²) in [5.74, 6) is 1.36. The SMILES string of the molecule is CC(C)(C)c1ccc(-c2nnc(SCCS(C)(=O)=O)n2Cc2ccccc2)cc1. The van der Waals surface area contributed by atoms with Gasteiger partial charge >= 0.3 is 0 Å². The van der Waals surface area contributed by atoms with Crippen LogP contribution in [0, 0.1) is 0 Å². The summed E-state index contributed by atoms with van der Waals surface area (Å²) >= 11 is 1.43. The molecule has 1 heterocycles. The van der Waals surface area contributed by atoms with Crippen molar-refractivity contribution in [3.8, 4) is 11.4 Å². The van der Waals surface area contributed by atoms with Crippen molar-refractivity contribution < 1.29 is 8.42 Å². The van der Waals surface area contributed by atoms with Crippen LogP contribution >= 0.6 is 11.8 Å². The van der Waals surface area contributed by atoms with Crippen molar-refractivity contribution in [1.82, 2.24) is 14.8 Å². The average molecular weight is 430 g/mol. The van der Waals surface area contributed by atoms with E-state index >= 15 is 0 Å². The predicted octanol–water partition coefficient (Wildman–Crippen LogP) is 4.43. The van der Waals surface area contributed by atoms with Crippen molar-refractivity contribution in [2.45, 2.75) is 37.9 Å². The largest absolute Gasteiger partial charge is 0.298 e. The van der Waals surface area contributed by atoms with E-state index in [1.807, 2.05) is 18.2 Å². The molecule has 3 rings (SSSR count). The Morgan fingerprint density at radius 2 is 1.62 bits per heavy atom. The van der Waals surface area contributed by atoms with Gasteiger partial charge in [-0.1, -0.05) is 87.1 Å². The number of nitrogens with zero attached hydrogens (tertiary/aromatic N) is 3. The van der Waals surface area contributed by atoms with Crippen LogP contribution in [0.5, 0.6) is 0 Å². The highest BCUT2D eigenvalue weighted by atomic mass is 32.2. The molecule has 5 nitrogen and oxygen atoms in total. The minimum absolute atomic E-state index is 0.0862. The fourth-order valence-corrected chi connectivity index (χ4v) is 5.05. The highest BCUT2D eigenvalue weighted by Gasteiger charge is 2.18. The first-order valence-electron chi connectivity index (χ1n) is 9.52. The van der Waals surface area contributed by atoms with Crippen LogP contribution in [-0.4, -0.2) is 40.9 Å². The Balaban J connectivity index is 1.93. The quantitative estimate of drug-likeness (QED) is 0.520. The summed E-state index contributed by atoms with van der Waals surface area (Å²) in [6.45, 7) is 7.20. The van der Waals surface area contributed by atoms with Crippen molar-refractivity contribution in [2.75, 3.05) is 17.8 Å². The normalized spacial score (nSPS) is 12.3. The molecule has 1 aromatic heterocycles. The summed E-state index contributed by atoms with van der Waals surface area (Å²) < 4.78 is 25.0. The van der Waals surface area contributed by atoms with Crippen LogP contribution in [0.15, 0.2) is 59.8 Å². The van der Waals surface area contributed by atoms with Gasteiger partial charge in [-0.25, -0.2) is 8.42 Å². The van der Waals surface area contributed by atoms with Gasteiger partial charge in [-0.3, -0.25) is 4.57 Å². The third-order valence-corrected chi connectivity index (χ3v) is 6.77. The molecule has 0 atom stereocenters. The minimum atomic E-state index is -3.01. The van der Waals surface area contributed by atoms with E-state index in [2.05, 4.69) is 71.9 Å². The van der Waals surface area contributed by atoms with Gasteiger partial charge in [0.2, 0.25) is 0 Å². The smallest absolute Gasteiger partial charge is 0.191 e. The molecule has 7 heteroatoms. The topological polar surface area (TPSA) is 64.8 Å². The Kier molecular flexibility index (Phi) is 6.49. The second-order valence-corrected chi connectivity index (χ2v) is 11.5. The second-order valence-electron chi connectivity index (χ2n) is 8.18. The number of hydrogen-bond donors (Lipinski definition) is 0. The Morgan fingerprint density at radius 1 is 0.966 bits per heavy atom. The molecule has 0 aliphatic heterocycles. The summed E-state index contributed by atoms with van der Waals surface area (Å²) in [6.07, 6.45) is 1.25. The Hall–Kier alpha value is -2.12. The maximum atomic E-state index is 11.5. The lowest BCUT2D eigenvalue weighted by Crippen LogP contribution is -2.11. The van der Waals surface area contributed by atoms with Crippen molar-refractivity contribution in [3.05, 3.63) is 65.7 Å². The molecule has 0 saturated carbocycles. The summed E-state index contributed by atoms with van der Waals surface area (Å²) in [4.78, 5) is 0. The van der Waals surface area contributed by atoms with Gasteiger partial charge in [-0.2, -0.15) is 0 Å². The standard InChI is InChI=1S/C22H27N3O2S2/c1-22(2,3)19-12-10-18(11-13-19)20-23-24-21(28-14-15-29(4,26)27)25(20)16-17-8-6-5-7-9-17/h5-13H,14-16H2,1-4H3. The summed E-state index contributed by atoms with van der Waals surface area (Å²) in [7, 11) is -3.01. The van der Waals surface area contributed by atoms with E-state index in [1.165, 1.54) is 23.6 Å². The highest BCUT2D eigenvalue weighted by molar-refractivity contribution is 8.00. The Labute approximate surface area is 177 Å². The van der Waals surface area contributed by atoms with Gasteiger partial charge in [-0.15, -0.1) is 10.2 Å². The first-order chi connectivity index (χ1) is 13.6. The summed E-state index contributed by atoms with van der Waals surface area (Å²) in [5.41, 5.74) is 3.49. The zero-order valence-corrected chi connectivity index (χ0v) is 18.9. The van der Waals surface area contributed by atoms with Gasteiger partial charge < -0.3 is 0 Å². The third-order valence-electron chi connectivity index (χ3n) is 4.59. The van der Waals surface area contributed by atoms with Crippen LogP contribution in [0.1, 0.15) is 31.9 Å². The Morgan fingerprint density at radius 3 is 2.21 bits per heavy atom. The lowest BCUT2D eigenvalue weighted by molar-refractivity contribution is 0.590.